The van der Waals surface area contributed by atoms with Gasteiger partial charge in [0.25, 0.3) is 5.91 Å². The Bertz CT molecular complexity index is 954. The molecule has 1 unspecified atom stereocenters. The first-order chi connectivity index (χ1) is 14.1. The molecule has 3 aliphatic rings. The Morgan fingerprint density at radius 3 is 2.83 bits per heavy atom. The maximum atomic E-state index is 13.4. The van der Waals surface area contributed by atoms with E-state index in [-0.39, 0.29) is 11.8 Å². The maximum Gasteiger partial charge on any atom is 0.272 e. The second kappa shape index (κ2) is 6.97. The molecule has 2 fully saturated rings. The molecule has 29 heavy (non-hydrogen) atoms. The number of hydrogen-bond donors (Lipinski definition) is 0. The zero-order valence-corrected chi connectivity index (χ0v) is 16.9. The molecule has 0 bridgehead atoms. The second-order valence-corrected chi connectivity index (χ2v) is 8.66. The fraction of sp³-hybridized carbons (Fsp3) is 0.545. The number of likely N-dealkylation sites (tertiary alicyclic amines) is 2. The number of rotatable bonds is 3. The first-order valence-corrected chi connectivity index (χ1v) is 10.6. The van der Waals surface area contributed by atoms with Gasteiger partial charge in [0.2, 0.25) is 5.91 Å². The molecule has 2 amide bonds. The summed E-state index contributed by atoms with van der Waals surface area (Å²) in [6.45, 7) is 2.44. The molecule has 5 rings (SSSR count). The lowest BCUT2D eigenvalue weighted by molar-refractivity contribution is -0.135. The molecule has 2 aromatic rings. The highest BCUT2D eigenvalue weighted by Crippen LogP contribution is 2.41. The quantitative estimate of drug-likeness (QED) is 0.799. The van der Waals surface area contributed by atoms with Crippen LogP contribution in [0.1, 0.15) is 53.1 Å². The predicted octanol–water partition coefficient (Wildman–Crippen LogP) is 1.96. The molecule has 4 heterocycles. The summed E-state index contributed by atoms with van der Waals surface area (Å²) in [6, 6.07) is 5.78. The minimum absolute atomic E-state index is 0.0380. The number of nitrogens with zero attached hydrogens (tertiary/aromatic N) is 5. The van der Waals surface area contributed by atoms with Crippen molar-refractivity contribution in [2.24, 2.45) is 12.5 Å². The lowest BCUT2D eigenvalue weighted by Gasteiger charge is -2.24. The van der Waals surface area contributed by atoms with Crippen molar-refractivity contribution in [1.82, 2.24) is 24.6 Å². The average Bonchev–Trinajstić information content (AvgIpc) is 3.40. The molecular weight excluding hydrogens is 366 g/mol. The fourth-order valence-corrected chi connectivity index (χ4v) is 5.25. The number of carbonyl (C=O) groups is 2. The van der Waals surface area contributed by atoms with E-state index in [1.165, 1.54) is 0 Å². The summed E-state index contributed by atoms with van der Waals surface area (Å²) in [7, 11) is 1.87. The molecule has 1 atom stereocenters. The largest absolute Gasteiger partial charge is 0.336 e. The molecule has 0 N–H and O–H groups in total. The molecule has 7 nitrogen and oxygen atoms in total. The van der Waals surface area contributed by atoms with Crippen LogP contribution in [0.2, 0.25) is 0 Å². The SMILES string of the molecule is Cn1nc2c(c1C(=O)N1CCC3(CCN(Cc4ccccn4)C3=O)C1)CCCC2. The third-order valence-corrected chi connectivity index (χ3v) is 6.84. The van der Waals surface area contributed by atoms with E-state index in [9.17, 15) is 9.59 Å². The summed E-state index contributed by atoms with van der Waals surface area (Å²) in [6.07, 6.45) is 7.47. The van der Waals surface area contributed by atoms with Gasteiger partial charge in [-0.15, -0.1) is 0 Å². The van der Waals surface area contributed by atoms with E-state index >= 15 is 0 Å². The van der Waals surface area contributed by atoms with Crippen LogP contribution in [-0.2, 0) is 31.2 Å². The first kappa shape index (κ1) is 18.3. The van der Waals surface area contributed by atoms with Gasteiger partial charge < -0.3 is 9.80 Å². The van der Waals surface area contributed by atoms with Gasteiger partial charge in [-0.05, 0) is 50.7 Å². The van der Waals surface area contributed by atoms with Gasteiger partial charge in [-0.25, -0.2) is 0 Å². The van der Waals surface area contributed by atoms with Gasteiger partial charge in [-0.3, -0.25) is 19.3 Å². The van der Waals surface area contributed by atoms with Crippen LogP contribution in [0.15, 0.2) is 24.4 Å². The van der Waals surface area contributed by atoms with Crippen molar-refractivity contribution in [3.8, 4) is 0 Å². The van der Waals surface area contributed by atoms with E-state index in [1.807, 2.05) is 35.0 Å². The van der Waals surface area contributed by atoms with Crippen LogP contribution in [0.25, 0.3) is 0 Å². The number of hydrogen-bond acceptors (Lipinski definition) is 4. The van der Waals surface area contributed by atoms with Crippen molar-refractivity contribution in [1.29, 1.82) is 0 Å². The summed E-state index contributed by atoms with van der Waals surface area (Å²) in [4.78, 5) is 34.7. The number of amides is 2. The zero-order chi connectivity index (χ0) is 20.0. The summed E-state index contributed by atoms with van der Waals surface area (Å²) in [5, 5.41) is 4.59. The van der Waals surface area contributed by atoms with Crippen LogP contribution < -0.4 is 0 Å². The summed E-state index contributed by atoms with van der Waals surface area (Å²) in [5.74, 6) is 0.210. The molecule has 1 spiro atoms. The third kappa shape index (κ3) is 3.03. The Morgan fingerprint density at radius 1 is 1.17 bits per heavy atom. The van der Waals surface area contributed by atoms with Crippen LogP contribution in [0.3, 0.4) is 0 Å². The fourth-order valence-electron chi connectivity index (χ4n) is 5.25. The van der Waals surface area contributed by atoms with Gasteiger partial charge in [0, 0.05) is 38.4 Å². The van der Waals surface area contributed by atoms with Gasteiger partial charge in [0.1, 0.15) is 5.69 Å². The number of aromatic nitrogens is 3. The van der Waals surface area contributed by atoms with Crippen LogP contribution in [0, 0.1) is 5.41 Å². The third-order valence-electron chi connectivity index (χ3n) is 6.84. The molecule has 1 aliphatic carbocycles. The normalized spacial score (nSPS) is 23.8. The highest BCUT2D eigenvalue weighted by molar-refractivity contribution is 5.96. The smallest absolute Gasteiger partial charge is 0.272 e. The van der Waals surface area contributed by atoms with Crippen molar-refractivity contribution in [2.75, 3.05) is 19.6 Å². The van der Waals surface area contributed by atoms with Crippen molar-refractivity contribution in [3.05, 3.63) is 47.0 Å². The van der Waals surface area contributed by atoms with E-state index in [1.54, 1.807) is 10.9 Å². The van der Waals surface area contributed by atoms with Gasteiger partial charge in [0.15, 0.2) is 0 Å². The van der Waals surface area contributed by atoms with Crippen LogP contribution in [0.4, 0.5) is 0 Å². The predicted molar refractivity (Wildman–Crippen MR) is 107 cm³/mol. The molecule has 2 aliphatic heterocycles. The molecule has 0 saturated carbocycles. The van der Waals surface area contributed by atoms with E-state index < -0.39 is 5.41 Å². The second-order valence-electron chi connectivity index (χ2n) is 8.66. The molecule has 2 aromatic heterocycles. The number of pyridine rings is 1. The van der Waals surface area contributed by atoms with E-state index in [2.05, 4.69) is 10.1 Å². The first-order valence-electron chi connectivity index (χ1n) is 10.6. The Kier molecular flexibility index (Phi) is 4.41. The molecule has 0 radical (unpaired) electrons. The zero-order valence-electron chi connectivity index (χ0n) is 16.9. The van der Waals surface area contributed by atoms with Crippen molar-refractivity contribution < 1.29 is 9.59 Å². The van der Waals surface area contributed by atoms with Crippen molar-refractivity contribution in [2.45, 2.75) is 45.1 Å². The lowest BCUT2D eigenvalue weighted by Crippen LogP contribution is -2.38. The standard InChI is InChI=1S/C22H27N5O2/c1-25-19(17-7-2-3-8-18(17)24-25)20(28)27-13-10-22(15-27)9-12-26(21(22)29)14-16-6-4-5-11-23-16/h4-6,11H,2-3,7-10,12-15H2,1H3. The van der Waals surface area contributed by atoms with Gasteiger partial charge in [-0.2, -0.15) is 5.10 Å². The lowest BCUT2D eigenvalue weighted by atomic mass is 9.85. The van der Waals surface area contributed by atoms with Crippen LogP contribution >= 0.6 is 0 Å². The van der Waals surface area contributed by atoms with Crippen LogP contribution in [0.5, 0.6) is 0 Å². The topological polar surface area (TPSA) is 71.3 Å². The summed E-state index contributed by atoms with van der Waals surface area (Å²) in [5.41, 5.74) is 3.41. The minimum atomic E-state index is -0.427. The Hall–Kier alpha value is -2.70. The highest BCUT2D eigenvalue weighted by Gasteiger charge is 2.52. The maximum absolute atomic E-state index is 13.4. The molecule has 2 saturated heterocycles. The molecule has 7 heteroatoms. The Morgan fingerprint density at radius 2 is 2.00 bits per heavy atom. The van der Waals surface area contributed by atoms with E-state index in [0.29, 0.717) is 19.6 Å². The summed E-state index contributed by atoms with van der Waals surface area (Å²) < 4.78 is 1.76. The number of carbonyl (C=O) groups excluding carboxylic acids is 2. The number of fused-ring (bicyclic) bond motifs is 1. The molecular formula is C22H27N5O2. The minimum Gasteiger partial charge on any atom is -0.336 e. The number of aryl methyl sites for hydroxylation is 2. The van der Waals surface area contributed by atoms with Gasteiger partial charge >= 0.3 is 0 Å². The average molecular weight is 393 g/mol. The summed E-state index contributed by atoms with van der Waals surface area (Å²) >= 11 is 0. The van der Waals surface area contributed by atoms with E-state index in [4.69, 9.17) is 0 Å². The molecule has 152 valence electrons. The Labute approximate surface area is 170 Å². The van der Waals surface area contributed by atoms with Crippen LogP contribution in [-0.4, -0.2) is 56.0 Å². The molecule has 0 aromatic carbocycles. The van der Waals surface area contributed by atoms with Gasteiger partial charge in [0.05, 0.1) is 23.3 Å². The highest BCUT2D eigenvalue weighted by atomic mass is 16.2. The van der Waals surface area contributed by atoms with Gasteiger partial charge in [-0.1, -0.05) is 6.07 Å². The van der Waals surface area contributed by atoms with Crippen molar-refractivity contribution in [3.63, 3.8) is 0 Å². The van der Waals surface area contributed by atoms with E-state index in [0.717, 1.165) is 67.7 Å². The van der Waals surface area contributed by atoms with Crippen molar-refractivity contribution >= 4 is 11.8 Å². The Balaban J connectivity index is 1.32. The monoisotopic (exact) mass is 393 g/mol.